The number of fused-ring (bicyclic) bond motifs is 1. The van der Waals surface area contributed by atoms with Crippen LogP contribution in [0.3, 0.4) is 0 Å². The smallest absolute Gasteiger partial charge is 0.262 e. The molecule has 2 aliphatic rings. The van der Waals surface area contributed by atoms with Gasteiger partial charge in [0.1, 0.15) is 9.77 Å². The van der Waals surface area contributed by atoms with Gasteiger partial charge in [0, 0.05) is 30.6 Å². The topological polar surface area (TPSA) is 78.5 Å². The molecule has 2 aromatic heterocycles. The Hall–Kier alpha value is -1.26. The van der Waals surface area contributed by atoms with Gasteiger partial charge >= 0.3 is 0 Å². The Labute approximate surface area is 167 Å². The zero-order valence-corrected chi connectivity index (χ0v) is 17.4. The van der Waals surface area contributed by atoms with E-state index >= 15 is 0 Å². The molecule has 1 atom stereocenters. The first-order valence-corrected chi connectivity index (χ1v) is 12.4. The highest BCUT2D eigenvalue weighted by Crippen LogP contribution is 2.31. The van der Waals surface area contributed by atoms with E-state index in [0.29, 0.717) is 19.6 Å². The van der Waals surface area contributed by atoms with Gasteiger partial charge in [-0.2, -0.15) is 4.31 Å². The van der Waals surface area contributed by atoms with Crippen LogP contribution in [0.5, 0.6) is 0 Å². The van der Waals surface area contributed by atoms with Gasteiger partial charge in [-0.25, -0.2) is 8.42 Å². The summed E-state index contributed by atoms with van der Waals surface area (Å²) in [5, 5.41) is 9.98. The predicted octanol–water partition coefficient (Wildman–Crippen LogP) is 2.43. The Morgan fingerprint density at radius 3 is 2.93 bits per heavy atom. The molecule has 1 amide bonds. The average molecular weight is 426 g/mol. The van der Waals surface area contributed by atoms with Crippen molar-refractivity contribution in [3.63, 3.8) is 0 Å². The Kier molecular flexibility index (Phi) is 5.65. The van der Waals surface area contributed by atoms with E-state index in [1.165, 1.54) is 27.6 Å². The molecule has 0 aliphatic carbocycles. The van der Waals surface area contributed by atoms with Crippen molar-refractivity contribution in [2.24, 2.45) is 0 Å². The van der Waals surface area contributed by atoms with Gasteiger partial charge in [-0.15, -0.1) is 22.7 Å². The molecule has 0 saturated carbocycles. The molecule has 0 spiro atoms. The maximum absolute atomic E-state index is 13.2. The van der Waals surface area contributed by atoms with E-state index in [1.54, 1.807) is 22.8 Å². The summed E-state index contributed by atoms with van der Waals surface area (Å²) in [6, 6.07) is 3.88. The summed E-state index contributed by atoms with van der Waals surface area (Å²) >= 11 is 2.77. The van der Waals surface area contributed by atoms with E-state index in [4.69, 9.17) is 0 Å². The molecule has 1 saturated heterocycles. The molecule has 2 aromatic rings. The quantitative estimate of drug-likeness (QED) is 0.771. The third-order valence-electron chi connectivity index (χ3n) is 5.16. The normalized spacial score (nSPS) is 21.0. The summed E-state index contributed by atoms with van der Waals surface area (Å²) in [7, 11) is -3.68. The first kappa shape index (κ1) is 19.1. The maximum atomic E-state index is 13.2. The number of carbonyl (C=O) groups is 1. The molecule has 0 unspecified atom stereocenters. The van der Waals surface area contributed by atoms with E-state index in [1.807, 2.05) is 5.38 Å². The fraction of sp³-hybridized carbons (Fsp3) is 0.500. The molecule has 6 nitrogen and oxygen atoms in total. The van der Waals surface area contributed by atoms with Crippen LogP contribution < -0.4 is 10.6 Å². The van der Waals surface area contributed by atoms with Crippen molar-refractivity contribution in [1.82, 2.24) is 14.9 Å². The lowest BCUT2D eigenvalue weighted by atomic mass is 10.1. The molecule has 4 rings (SSSR count). The first-order chi connectivity index (χ1) is 13.1. The third kappa shape index (κ3) is 3.97. The van der Waals surface area contributed by atoms with Crippen molar-refractivity contribution in [1.29, 1.82) is 0 Å². The Balaban J connectivity index is 1.48. The van der Waals surface area contributed by atoms with Gasteiger partial charge in [-0.05, 0) is 54.3 Å². The SMILES string of the molecule is O=C(NC[C@H]1CCCCN1)c1sccc1S(=O)(=O)N1CCc2ccsc2C1. The fourth-order valence-electron chi connectivity index (χ4n) is 3.62. The Morgan fingerprint density at radius 2 is 2.11 bits per heavy atom. The summed E-state index contributed by atoms with van der Waals surface area (Å²) in [5.74, 6) is -0.301. The maximum Gasteiger partial charge on any atom is 0.262 e. The number of thiophene rings is 2. The van der Waals surface area contributed by atoms with Crippen molar-refractivity contribution in [2.75, 3.05) is 19.6 Å². The summed E-state index contributed by atoms with van der Waals surface area (Å²) in [6.45, 7) is 2.34. The molecular formula is C18H23N3O3S3. The predicted molar refractivity (Wildman–Crippen MR) is 108 cm³/mol. The lowest BCUT2D eigenvalue weighted by Crippen LogP contribution is -2.43. The molecule has 146 valence electrons. The molecule has 27 heavy (non-hydrogen) atoms. The number of hydrogen-bond donors (Lipinski definition) is 2. The van der Waals surface area contributed by atoms with Crippen molar-refractivity contribution in [3.05, 3.63) is 38.2 Å². The van der Waals surface area contributed by atoms with Gasteiger partial charge < -0.3 is 10.6 Å². The van der Waals surface area contributed by atoms with E-state index < -0.39 is 10.0 Å². The number of nitrogens with one attached hydrogen (secondary N) is 2. The van der Waals surface area contributed by atoms with Crippen molar-refractivity contribution < 1.29 is 13.2 Å². The second-order valence-corrected chi connectivity index (χ2v) is 10.8. The monoisotopic (exact) mass is 425 g/mol. The van der Waals surface area contributed by atoms with Crippen molar-refractivity contribution in [3.8, 4) is 0 Å². The van der Waals surface area contributed by atoms with Gasteiger partial charge in [0.25, 0.3) is 5.91 Å². The largest absolute Gasteiger partial charge is 0.350 e. The minimum atomic E-state index is -3.68. The number of hydrogen-bond acceptors (Lipinski definition) is 6. The van der Waals surface area contributed by atoms with Crippen LogP contribution >= 0.6 is 22.7 Å². The van der Waals surface area contributed by atoms with Crippen molar-refractivity contribution in [2.45, 2.75) is 43.2 Å². The van der Waals surface area contributed by atoms with E-state index in [-0.39, 0.29) is 21.7 Å². The lowest BCUT2D eigenvalue weighted by molar-refractivity contribution is 0.0948. The highest BCUT2D eigenvalue weighted by Gasteiger charge is 2.33. The molecule has 9 heteroatoms. The van der Waals surface area contributed by atoms with Crippen LogP contribution in [-0.4, -0.2) is 44.3 Å². The summed E-state index contributed by atoms with van der Waals surface area (Å²) in [6.07, 6.45) is 4.08. The molecule has 2 aliphatic heterocycles. The van der Waals surface area contributed by atoms with Crippen LogP contribution in [-0.2, 0) is 23.0 Å². The average Bonchev–Trinajstić information content (AvgIpc) is 3.35. The molecular weight excluding hydrogens is 402 g/mol. The number of nitrogens with zero attached hydrogens (tertiary/aromatic N) is 1. The van der Waals surface area contributed by atoms with E-state index in [9.17, 15) is 13.2 Å². The third-order valence-corrected chi connectivity index (χ3v) is 9.04. The zero-order valence-electron chi connectivity index (χ0n) is 14.9. The fourth-order valence-corrected chi connectivity index (χ4v) is 7.37. The molecule has 4 heterocycles. The standard InChI is InChI=1S/C18H23N3O3S3/c22-18(20-11-14-3-1-2-7-19-14)17-16(6-10-26-17)27(23,24)21-8-4-13-5-9-25-15(13)12-21/h5-6,9-10,14,19H,1-4,7-8,11-12H2,(H,20,22)/t14-/m1/s1. The van der Waals surface area contributed by atoms with Crippen LogP contribution in [0.2, 0.25) is 0 Å². The Morgan fingerprint density at radius 1 is 1.26 bits per heavy atom. The Bertz CT molecular complexity index is 913. The van der Waals surface area contributed by atoms with Gasteiger partial charge in [0.2, 0.25) is 10.0 Å². The highest BCUT2D eigenvalue weighted by atomic mass is 32.2. The molecule has 0 aromatic carbocycles. The first-order valence-electron chi connectivity index (χ1n) is 9.20. The zero-order chi connectivity index (χ0) is 18.9. The molecule has 0 radical (unpaired) electrons. The summed E-state index contributed by atoms with van der Waals surface area (Å²) in [4.78, 5) is 14.1. The van der Waals surface area contributed by atoms with Crippen LogP contribution in [0.4, 0.5) is 0 Å². The number of amides is 1. The highest BCUT2D eigenvalue weighted by molar-refractivity contribution is 7.89. The van der Waals surface area contributed by atoms with Gasteiger partial charge in [0.15, 0.2) is 0 Å². The number of carbonyl (C=O) groups excluding carboxylic acids is 1. The van der Waals surface area contributed by atoms with Gasteiger partial charge in [0.05, 0.1) is 0 Å². The van der Waals surface area contributed by atoms with Gasteiger partial charge in [-0.1, -0.05) is 6.42 Å². The minimum absolute atomic E-state index is 0.126. The molecule has 1 fully saturated rings. The summed E-state index contributed by atoms with van der Waals surface area (Å²) < 4.78 is 27.8. The van der Waals surface area contributed by atoms with Crippen LogP contribution in [0.15, 0.2) is 27.8 Å². The van der Waals surface area contributed by atoms with Crippen LogP contribution in [0.1, 0.15) is 39.4 Å². The second-order valence-electron chi connectivity index (χ2n) is 6.93. The summed E-state index contributed by atoms with van der Waals surface area (Å²) in [5.41, 5.74) is 1.23. The second kappa shape index (κ2) is 8.00. The lowest BCUT2D eigenvalue weighted by Gasteiger charge is -2.26. The van der Waals surface area contributed by atoms with E-state index in [2.05, 4.69) is 16.7 Å². The number of piperidine rings is 1. The van der Waals surface area contributed by atoms with Gasteiger partial charge in [-0.3, -0.25) is 4.79 Å². The van der Waals surface area contributed by atoms with Crippen LogP contribution in [0, 0.1) is 0 Å². The molecule has 0 bridgehead atoms. The van der Waals surface area contributed by atoms with Crippen molar-refractivity contribution >= 4 is 38.6 Å². The molecule has 2 N–H and O–H groups in total. The van der Waals surface area contributed by atoms with Crippen LogP contribution in [0.25, 0.3) is 0 Å². The number of sulfonamides is 1. The minimum Gasteiger partial charge on any atom is -0.350 e. The number of rotatable bonds is 5. The van der Waals surface area contributed by atoms with E-state index in [0.717, 1.165) is 30.7 Å².